The lowest BCUT2D eigenvalue weighted by molar-refractivity contribution is -0.138. The molecule has 0 amide bonds. The maximum absolute atomic E-state index is 11.9. The molecule has 0 aliphatic carbocycles. The number of alkyl halides is 3. The molecule has 0 aromatic heterocycles. The summed E-state index contributed by atoms with van der Waals surface area (Å²) in [5, 5.41) is 0. The number of likely N-dealkylation sites (tertiary alicyclic amines) is 1. The molecule has 1 aliphatic rings. The first-order valence-corrected chi connectivity index (χ1v) is 6.08. The zero-order valence-corrected chi connectivity index (χ0v) is 10.8. The Hall–Kier alpha value is -0.250. The topological polar surface area (TPSA) is 3.24 Å². The average molecular weight is 239 g/mol. The van der Waals surface area contributed by atoms with Crippen molar-refractivity contribution in [3.05, 3.63) is 0 Å². The van der Waals surface area contributed by atoms with Crippen LogP contribution in [0.1, 0.15) is 47.0 Å². The van der Waals surface area contributed by atoms with Crippen LogP contribution in [0.25, 0.3) is 0 Å². The Morgan fingerprint density at radius 3 is 1.88 bits per heavy atom. The van der Waals surface area contributed by atoms with E-state index in [0.717, 1.165) is 25.9 Å². The molecule has 1 saturated heterocycles. The summed E-state index contributed by atoms with van der Waals surface area (Å²) in [4.78, 5) is 1.92. The minimum atomic E-state index is -4.01. The van der Waals surface area contributed by atoms with Gasteiger partial charge in [0.05, 0.1) is 6.42 Å². The van der Waals surface area contributed by atoms with E-state index in [1.54, 1.807) is 0 Å². The van der Waals surface area contributed by atoms with Crippen LogP contribution in [-0.4, -0.2) is 30.7 Å². The molecule has 0 radical (unpaired) electrons. The Morgan fingerprint density at radius 2 is 1.50 bits per heavy atom. The standard InChI is InChI=1S/C10H18F3N.C2H6/c1-9(2)3-6-14(7-4-9)8-5-10(11,12)13;1-2/h3-8H2,1-2H3;1-2H3. The maximum atomic E-state index is 11.9. The van der Waals surface area contributed by atoms with E-state index in [-0.39, 0.29) is 6.54 Å². The Balaban J connectivity index is 0.00000106. The predicted octanol–water partition coefficient (Wildman–Crippen LogP) is 4.09. The molecule has 0 spiro atoms. The summed E-state index contributed by atoms with van der Waals surface area (Å²) >= 11 is 0. The molecular formula is C12H24F3N. The van der Waals surface area contributed by atoms with Gasteiger partial charge in [-0.05, 0) is 31.3 Å². The smallest absolute Gasteiger partial charge is 0.303 e. The van der Waals surface area contributed by atoms with Crippen LogP contribution in [0.2, 0.25) is 0 Å². The summed E-state index contributed by atoms with van der Waals surface area (Å²) in [6.45, 7) is 10.1. The van der Waals surface area contributed by atoms with Gasteiger partial charge in [0.15, 0.2) is 0 Å². The molecule has 0 unspecified atom stereocenters. The fraction of sp³-hybridized carbons (Fsp3) is 1.00. The van der Waals surface area contributed by atoms with Crippen LogP contribution in [0.15, 0.2) is 0 Å². The SMILES string of the molecule is CC.CC1(C)CCN(CCC(F)(F)F)CC1. The van der Waals surface area contributed by atoms with Crippen LogP contribution in [0, 0.1) is 5.41 Å². The second-order valence-corrected chi connectivity index (χ2v) is 4.87. The van der Waals surface area contributed by atoms with Crippen LogP contribution in [0.3, 0.4) is 0 Å². The molecule has 1 heterocycles. The molecule has 0 aromatic carbocycles. The molecule has 0 N–H and O–H groups in total. The molecule has 1 rings (SSSR count). The highest BCUT2D eigenvalue weighted by atomic mass is 19.4. The van der Waals surface area contributed by atoms with Gasteiger partial charge in [-0.2, -0.15) is 13.2 Å². The third kappa shape index (κ3) is 7.09. The van der Waals surface area contributed by atoms with Crippen molar-refractivity contribution in [3.8, 4) is 0 Å². The normalized spacial score (nSPS) is 21.2. The fourth-order valence-corrected chi connectivity index (χ4v) is 1.67. The molecule has 16 heavy (non-hydrogen) atoms. The number of halogens is 3. The third-order valence-electron chi connectivity index (χ3n) is 2.92. The number of rotatable bonds is 2. The van der Waals surface area contributed by atoms with E-state index in [1.807, 2.05) is 18.7 Å². The van der Waals surface area contributed by atoms with Gasteiger partial charge in [-0.3, -0.25) is 0 Å². The second kappa shape index (κ2) is 6.48. The van der Waals surface area contributed by atoms with Crippen LogP contribution < -0.4 is 0 Å². The summed E-state index contributed by atoms with van der Waals surface area (Å²) in [6.07, 6.45) is -2.67. The van der Waals surface area contributed by atoms with Gasteiger partial charge in [-0.15, -0.1) is 0 Å². The quantitative estimate of drug-likeness (QED) is 0.701. The average Bonchev–Trinajstić information content (AvgIpc) is 2.18. The van der Waals surface area contributed by atoms with Gasteiger partial charge in [0.25, 0.3) is 0 Å². The molecule has 98 valence electrons. The van der Waals surface area contributed by atoms with Gasteiger partial charge < -0.3 is 4.90 Å². The predicted molar refractivity (Wildman–Crippen MR) is 61.5 cm³/mol. The number of hydrogen-bond acceptors (Lipinski definition) is 1. The molecule has 0 saturated carbocycles. The molecule has 1 fully saturated rings. The van der Waals surface area contributed by atoms with Crippen molar-refractivity contribution in [1.82, 2.24) is 4.90 Å². The fourth-order valence-electron chi connectivity index (χ4n) is 1.67. The van der Waals surface area contributed by atoms with Gasteiger partial charge >= 0.3 is 6.18 Å². The first kappa shape index (κ1) is 15.8. The Kier molecular flexibility index (Phi) is 6.38. The number of piperidine rings is 1. The zero-order chi connectivity index (χ0) is 12.8. The first-order chi connectivity index (χ1) is 7.29. The van der Waals surface area contributed by atoms with E-state index >= 15 is 0 Å². The zero-order valence-electron chi connectivity index (χ0n) is 10.8. The minimum Gasteiger partial charge on any atom is -0.303 e. The summed E-state index contributed by atoms with van der Waals surface area (Å²) in [5.74, 6) is 0. The molecule has 1 aliphatic heterocycles. The van der Waals surface area contributed by atoms with Crippen molar-refractivity contribution in [2.75, 3.05) is 19.6 Å². The molecule has 4 heteroatoms. The lowest BCUT2D eigenvalue weighted by Gasteiger charge is -2.36. The summed E-state index contributed by atoms with van der Waals surface area (Å²) in [7, 11) is 0. The van der Waals surface area contributed by atoms with Crippen LogP contribution in [0.4, 0.5) is 13.2 Å². The Bertz CT molecular complexity index is 177. The van der Waals surface area contributed by atoms with Crippen molar-refractivity contribution in [1.29, 1.82) is 0 Å². The van der Waals surface area contributed by atoms with E-state index in [0.29, 0.717) is 5.41 Å². The number of hydrogen-bond donors (Lipinski definition) is 0. The summed E-state index contributed by atoms with van der Waals surface area (Å²) in [6, 6.07) is 0. The molecule has 1 nitrogen and oxygen atoms in total. The van der Waals surface area contributed by atoms with E-state index in [9.17, 15) is 13.2 Å². The van der Waals surface area contributed by atoms with E-state index in [1.165, 1.54) is 0 Å². The van der Waals surface area contributed by atoms with E-state index in [2.05, 4.69) is 13.8 Å². The highest BCUT2D eigenvalue weighted by molar-refractivity contribution is 4.78. The lowest BCUT2D eigenvalue weighted by atomic mass is 9.83. The third-order valence-corrected chi connectivity index (χ3v) is 2.92. The summed E-state index contributed by atoms with van der Waals surface area (Å²) < 4.78 is 35.8. The van der Waals surface area contributed by atoms with Crippen molar-refractivity contribution < 1.29 is 13.2 Å². The highest BCUT2D eigenvalue weighted by Gasteiger charge is 2.30. The van der Waals surface area contributed by atoms with E-state index < -0.39 is 12.6 Å². The summed E-state index contributed by atoms with van der Waals surface area (Å²) in [5.41, 5.74) is 0.314. The van der Waals surface area contributed by atoms with Crippen LogP contribution in [-0.2, 0) is 0 Å². The Morgan fingerprint density at radius 1 is 1.06 bits per heavy atom. The van der Waals surface area contributed by atoms with Gasteiger partial charge in [-0.1, -0.05) is 27.7 Å². The molecular weight excluding hydrogens is 215 g/mol. The minimum absolute atomic E-state index is 0.166. The maximum Gasteiger partial charge on any atom is 0.390 e. The Labute approximate surface area is 97.0 Å². The van der Waals surface area contributed by atoms with Crippen molar-refractivity contribution in [3.63, 3.8) is 0 Å². The largest absolute Gasteiger partial charge is 0.390 e. The van der Waals surface area contributed by atoms with Crippen molar-refractivity contribution >= 4 is 0 Å². The monoisotopic (exact) mass is 239 g/mol. The van der Waals surface area contributed by atoms with Gasteiger partial charge in [-0.25, -0.2) is 0 Å². The number of nitrogens with zero attached hydrogens (tertiary/aromatic N) is 1. The first-order valence-electron chi connectivity index (χ1n) is 6.08. The van der Waals surface area contributed by atoms with Crippen molar-refractivity contribution in [2.45, 2.75) is 53.1 Å². The lowest BCUT2D eigenvalue weighted by Crippen LogP contribution is -2.38. The molecule has 0 aromatic rings. The van der Waals surface area contributed by atoms with E-state index in [4.69, 9.17) is 0 Å². The van der Waals surface area contributed by atoms with Crippen molar-refractivity contribution in [2.24, 2.45) is 5.41 Å². The molecule has 0 atom stereocenters. The van der Waals surface area contributed by atoms with Gasteiger partial charge in [0, 0.05) is 6.54 Å². The van der Waals surface area contributed by atoms with Crippen LogP contribution >= 0.6 is 0 Å². The second-order valence-electron chi connectivity index (χ2n) is 4.87. The van der Waals surface area contributed by atoms with Gasteiger partial charge in [0.2, 0.25) is 0 Å². The highest BCUT2D eigenvalue weighted by Crippen LogP contribution is 2.30. The van der Waals surface area contributed by atoms with Gasteiger partial charge in [0.1, 0.15) is 0 Å². The van der Waals surface area contributed by atoms with Crippen LogP contribution in [0.5, 0.6) is 0 Å². The molecule has 0 bridgehead atoms.